The van der Waals surface area contributed by atoms with E-state index in [1.807, 2.05) is 57.2 Å². The summed E-state index contributed by atoms with van der Waals surface area (Å²) in [7, 11) is 0. The number of aryl methyl sites for hydroxylation is 2. The van der Waals surface area contributed by atoms with Crippen LogP contribution in [0.25, 0.3) is 0 Å². The number of hydrogen-bond acceptors (Lipinski definition) is 3. The molecular formula is C23H27N3O3. The van der Waals surface area contributed by atoms with Crippen molar-refractivity contribution in [2.24, 2.45) is 0 Å². The molecular weight excluding hydrogens is 366 g/mol. The number of anilines is 2. The van der Waals surface area contributed by atoms with Gasteiger partial charge in [-0.2, -0.15) is 0 Å². The van der Waals surface area contributed by atoms with E-state index in [-0.39, 0.29) is 30.3 Å². The minimum Gasteiger partial charge on any atom is -0.326 e. The van der Waals surface area contributed by atoms with Gasteiger partial charge in [0.1, 0.15) is 6.04 Å². The maximum Gasteiger partial charge on any atom is 0.332 e. The lowest BCUT2D eigenvalue weighted by molar-refractivity contribution is -0.124. The highest BCUT2D eigenvalue weighted by Gasteiger charge is 2.47. The van der Waals surface area contributed by atoms with Gasteiger partial charge in [-0.15, -0.1) is 0 Å². The monoisotopic (exact) mass is 393 g/mol. The fraction of sp³-hybridized carbons (Fsp3) is 0.348. The van der Waals surface area contributed by atoms with Crippen LogP contribution < -0.4 is 10.2 Å². The molecule has 1 aliphatic heterocycles. The lowest BCUT2D eigenvalue weighted by Crippen LogP contribution is -2.42. The molecule has 2 aromatic carbocycles. The van der Waals surface area contributed by atoms with Gasteiger partial charge in [0.2, 0.25) is 5.91 Å². The molecule has 152 valence electrons. The van der Waals surface area contributed by atoms with Gasteiger partial charge in [0.05, 0.1) is 12.1 Å². The van der Waals surface area contributed by atoms with Crippen LogP contribution in [0.4, 0.5) is 16.2 Å². The Kier molecular flexibility index (Phi) is 6.01. The lowest BCUT2D eigenvalue weighted by atomic mass is 10.1. The van der Waals surface area contributed by atoms with Crippen LogP contribution in [0.2, 0.25) is 0 Å². The maximum absolute atomic E-state index is 13.1. The molecule has 1 saturated heterocycles. The summed E-state index contributed by atoms with van der Waals surface area (Å²) in [5, 5.41) is 2.83. The van der Waals surface area contributed by atoms with Crippen molar-refractivity contribution in [2.75, 3.05) is 10.2 Å². The Morgan fingerprint density at radius 3 is 2.38 bits per heavy atom. The topological polar surface area (TPSA) is 69.7 Å². The predicted octanol–water partition coefficient (Wildman–Crippen LogP) is 4.13. The standard InChI is InChI=1S/C23H27N3O3/c1-5-17-9-11-18(12-10-17)24-21(27)14-20-22(28)26(23(29)25(20)15(2)3)19-8-6-7-16(4)13-19/h6-13,15,20H,5,14H2,1-4H3,(H,24,27)/t20-/m1/s1. The summed E-state index contributed by atoms with van der Waals surface area (Å²) in [4.78, 5) is 41.4. The molecule has 1 fully saturated rings. The summed E-state index contributed by atoms with van der Waals surface area (Å²) >= 11 is 0. The van der Waals surface area contributed by atoms with Gasteiger partial charge < -0.3 is 10.2 Å². The second-order valence-corrected chi connectivity index (χ2v) is 7.61. The fourth-order valence-corrected chi connectivity index (χ4v) is 3.59. The maximum atomic E-state index is 13.1. The van der Waals surface area contributed by atoms with Crippen molar-refractivity contribution >= 4 is 29.2 Å². The minimum atomic E-state index is -0.821. The van der Waals surface area contributed by atoms with E-state index in [4.69, 9.17) is 0 Å². The average molecular weight is 393 g/mol. The normalized spacial score (nSPS) is 16.7. The van der Waals surface area contributed by atoms with Crippen LogP contribution >= 0.6 is 0 Å². The molecule has 0 aromatic heterocycles. The van der Waals surface area contributed by atoms with E-state index >= 15 is 0 Å². The van der Waals surface area contributed by atoms with Crippen LogP contribution in [0, 0.1) is 6.92 Å². The molecule has 0 radical (unpaired) electrons. The molecule has 0 aliphatic carbocycles. The lowest BCUT2D eigenvalue weighted by Gasteiger charge is -2.25. The Morgan fingerprint density at radius 1 is 1.10 bits per heavy atom. The molecule has 1 aliphatic rings. The van der Waals surface area contributed by atoms with Crippen molar-refractivity contribution in [2.45, 2.75) is 52.6 Å². The van der Waals surface area contributed by atoms with Crippen LogP contribution in [0.3, 0.4) is 0 Å². The van der Waals surface area contributed by atoms with Crippen molar-refractivity contribution in [3.8, 4) is 0 Å². The first-order valence-corrected chi connectivity index (χ1v) is 9.93. The molecule has 4 amide bonds. The summed E-state index contributed by atoms with van der Waals surface area (Å²) in [5.41, 5.74) is 3.34. The number of imide groups is 1. The van der Waals surface area contributed by atoms with Crippen molar-refractivity contribution < 1.29 is 14.4 Å². The summed E-state index contributed by atoms with van der Waals surface area (Å²) in [5.74, 6) is -0.664. The number of rotatable bonds is 6. The van der Waals surface area contributed by atoms with Gasteiger partial charge >= 0.3 is 6.03 Å². The van der Waals surface area contributed by atoms with Crippen LogP contribution in [0.1, 0.15) is 38.3 Å². The zero-order valence-electron chi connectivity index (χ0n) is 17.3. The van der Waals surface area contributed by atoms with Crippen LogP contribution in [0.5, 0.6) is 0 Å². The van der Waals surface area contributed by atoms with E-state index in [0.29, 0.717) is 11.4 Å². The van der Waals surface area contributed by atoms with E-state index in [1.165, 1.54) is 15.4 Å². The largest absolute Gasteiger partial charge is 0.332 e. The van der Waals surface area contributed by atoms with Gasteiger partial charge in [0, 0.05) is 11.7 Å². The van der Waals surface area contributed by atoms with Gasteiger partial charge in [-0.1, -0.05) is 31.2 Å². The second kappa shape index (κ2) is 8.47. The quantitative estimate of drug-likeness (QED) is 0.750. The number of carbonyl (C=O) groups excluding carboxylic acids is 3. The van der Waals surface area contributed by atoms with Gasteiger partial charge in [0.15, 0.2) is 0 Å². The van der Waals surface area contributed by atoms with Crippen LogP contribution in [0.15, 0.2) is 48.5 Å². The Morgan fingerprint density at radius 2 is 1.79 bits per heavy atom. The summed E-state index contributed by atoms with van der Waals surface area (Å²) in [6, 6.07) is 13.4. The Hall–Kier alpha value is -3.15. The zero-order valence-corrected chi connectivity index (χ0v) is 17.3. The van der Waals surface area contributed by atoms with E-state index in [2.05, 4.69) is 12.2 Å². The molecule has 1 heterocycles. The van der Waals surface area contributed by atoms with Gasteiger partial charge in [-0.25, -0.2) is 9.69 Å². The smallest absolute Gasteiger partial charge is 0.326 e. The SMILES string of the molecule is CCc1ccc(NC(=O)C[C@@H]2C(=O)N(c3cccc(C)c3)C(=O)N2C(C)C)cc1. The van der Waals surface area contributed by atoms with Crippen LogP contribution in [-0.2, 0) is 16.0 Å². The summed E-state index contributed by atoms with van der Waals surface area (Å²) in [6.07, 6.45) is 0.839. The van der Waals surface area contributed by atoms with Gasteiger partial charge in [0.25, 0.3) is 5.91 Å². The van der Waals surface area contributed by atoms with Crippen LogP contribution in [-0.4, -0.2) is 34.8 Å². The molecule has 6 heteroatoms. The van der Waals surface area contributed by atoms with Crippen molar-refractivity contribution in [3.63, 3.8) is 0 Å². The molecule has 1 atom stereocenters. The third kappa shape index (κ3) is 4.31. The third-order valence-electron chi connectivity index (χ3n) is 5.09. The number of nitrogens with one attached hydrogen (secondary N) is 1. The highest BCUT2D eigenvalue weighted by atomic mass is 16.2. The molecule has 2 aromatic rings. The number of nitrogens with zero attached hydrogens (tertiary/aromatic N) is 2. The van der Waals surface area contributed by atoms with Crippen molar-refractivity contribution in [3.05, 3.63) is 59.7 Å². The van der Waals surface area contributed by atoms with Crippen molar-refractivity contribution in [1.29, 1.82) is 0 Å². The summed E-state index contributed by atoms with van der Waals surface area (Å²) < 4.78 is 0. The number of amides is 4. The van der Waals surface area contributed by atoms with E-state index in [1.54, 1.807) is 12.1 Å². The predicted molar refractivity (Wildman–Crippen MR) is 114 cm³/mol. The molecule has 0 unspecified atom stereocenters. The summed E-state index contributed by atoms with van der Waals surface area (Å²) in [6.45, 7) is 7.67. The second-order valence-electron chi connectivity index (χ2n) is 7.61. The van der Waals surface area contributed by atoms with E-state index in [9.17, 15) is 14.4 Å². The number of carbonyl (C=O) groups is 3. The molecule has 3 rings (SSSR count). The Labute approximate surface area is 171 Å². The highest BCUT2D eigenvalue weighted by molar-refractivity contribution is 6.22. The molecule has 0 spiro atoms. The first kappa shape index (κ1) is 20.6. The molecule has 6 nitrogen and oxygen atoms in total. The first-order chi connectivity index (χ1) is 13.8. The fourth-order valence-electron chi connectivity index (χ4n) is 3.59. The Bertz CT molecular complexity index is 921. The minimum absolute atomic E-state index is 0.0827. The molecule has 0 bridgehead atoms. The Balaban J connectivity index is 1.79. The first-order valence-electron chi connectivity index (χ1n) is 9.93. The number of benzene rings is 2. The average Bonchev–Trinajstić information content (AvgIpc) is 2.92. The number of urea groups is 1. The van der Waals surface area contributed by atoms with Gasteiger partial charge in [-0.05, 0) is 62.6 Å². The third-order valence-corrected chi connectivity index (χ3v) is 5.09. The van der Waals surface area contributed by atoms with E-state index < -0.39 is 6.04 Å². The highest BCUT2D eigenvalue weighted by Crippen LogP contribution is 2.29. The van der Waals surface area contributed by atoms with Crippen molar-refractivity contribution in [1.82, 2.24) is 4.90 Å². The zero-order chi connectivity index (χ0) is 21.1. The number of hydrogen-bond donors (Lipinski definition) is 1. The van der Waals surface area contributed by atoms with Gasteiger partial charge in [-0.3, -0.25) is 9.59 Å². The molecule has 29 heavy (non-hydrogen) atoms. The van der Waals surface area contributed by atoms with E-state index in [0.717, 1.165) is 12.0 Å². The molecule has 1 N–H and O–H groups in total. The molecule has 0 saturated carbocycles.